The fourth-order valence-corrected chi connectivity index (χ4v) is 5.29. The second kappa shape index (κ2) is 5.42. The van der Waals surface area contributed by atoms with Crippen LogP contribution in [0.5, 0.6) is 0 Å². The molecule has 1 saturated heterocycles. The summed E-state index contributed by atoms with van der Waals surface area (Å²) in [4.78, 5) is 12.7. The first kappa shape index (κ1) is 14.5. The zero-order chi connectivity index (χ0) is 14.3. The third-order valence-corrected chi connectivity index (χ3v) is 5.93. The monoisotopic (exact) mass is 279 g/mol. The number of Topliss-reactive ketones (excluding diaryl/α,β-unsaturated/α-hetero) is 1. The molecule has 5 atom stereocenters. The van der Waals surface area contributed by atoms with Crippen molar-refractivity contribution in [2.75, 3.05) is 6.54 Å². The molecule has 114 valence electrons. The van der Waals surface area contributed by atoms with Crippen molar-refractivity contribution in [3.63, 3.8) is 0 Å². The van der Waals surface area contributed by atoms with Crippen LogP contribution in [0.2, 0.25) is 0 Å². The summed E-state index contributed by atoms with van der Waals surface area (Å²) in [5, 5.41) is 6.30. The normalized spacial score (nSPS) is 43.8. The number of piperidine rings is 1. The Balaban J connectivity index is 1.86. The number of ketones is 1. The highest BCUT2D eigenvalue weighted by molar-refractivity contribution is 5.84. The fourth-order valence-electron chi connectivity index (χ4n) is 5.29. The van der Waals surface area contributed by atoms with E-state index in [-0.39, 0.29) is 11.3 Å². The Morgan fingerprint density at radius 3 is 2.75 bits per heavy atom. The molecule has 20 heavy (non-hydrogen) atoms. The summed E-state index contributed by atoms with van der Waals surface area (Å²) >= 11 is 0. The quantitative estimate of drug-likeness (QED) is 0.804. The molecule has 0 spiro atoms. The maximum absolute atomic E-state index is 12.7. The highest BCUT2D eigenvalue weighted by Crippen LogP contribution is 2.41. The van der Waals surface area contributed by atoms with Crippen molar-refractivity contribution in [1.29, 1.82) is 0 Å². The van der Waals surface area contributed by atoms with Gasteiger partial charge in [0.15, 0.2) is 0 Å². The molecule has 0 aromatic carbocycles. The zero-order valence-electron chi connectivity index (χ0n) is 13.3. The van der Waals surface area contributed by atoms with Crippen molar-refractivity contribution in [1.82, 2.24) is 5.32 Å². The van der Waals surface area contributed by atoms with E-state index in [9.17, 15) is 4.79 Å². The number of hydrogen-bond donors (Lipinski definition) is 2. The van der Waals surface area contributed by atoms with E-state index in [4.69, 9.17) is 0 Å². The van der Waals surface area contributed by atoms with Gasteiger partial charge in [-0.05, 0) is 31.2 Å². The number of rotatable bonds is 2. The molecule has 0 amide bonds. The molecule has 2 saturated carbocycles. The summed E-state index contributed by atoms with van der Waals surface area (Å²) in [6, 6.07) is 1.73. The van der Waals surface area contributed by atoms with Crippen LogP contribution in [0.3, 0.4) is 0 Å². The lowest BCUT2D eigenvalue weighted by atomic mass is 9.61. The van der Waals surface area contributed by atoms with Crippen LogP contribution in [0.15, 0.2) is 0 Å². The number of hydrogen-bond acceptors (Lipinski definition) is 2. The van der Waals surface area contributed by atoms with E-state index in [2.05, 4.69) is 31.4 Å². The SMILES string of the molecule is CCNC1C2CCCCC2[NH2+]C2CC(C)(C)CC(=O)C21. The maximum Gasteiger partial charge on any atom is 0.144 e. The largest absolute Gasteiger partial charge is 0.340 e. The highest BCUT2D eigenvalue weighted by atomic mass is 16.1. The van der Waals surface area contributed by atoms with Gasteiger partial charge in [-0.1, -0.05) is 27.2 Å². The number of carbonyl (C=O) groups is 1. The Morgan fingerprint density at radius 2 is 2.00 bits per heavy atom. The summed E-state index contributed by atoms with van der Waals surface area (Å²) in [6.07, 6.45) is 7.39. The molecule has 1 heterocycles. The van der Waals surface area contributed by atoms with Crippen LogP contribution in [-0.2, 0) is 4.79 Å². The van der Waals surface area contributed by atoms with Crippen molar-refractivity contribution in [3.8, 4) is 0 Å². The lowest BCUT2D eigenvalue weighted by molar-refractivity contribution is -0.747. The summed E-state index contributed by atoms with van der Waals surface area (Å²) in [7, 11) is 0. The van der Waals surface area contributed by atoms with E-state index in [0.717, 1.165) is 24.9 Å². The lowest BCUT2D eigenvalue weighted by Gasteiger charge is -2.51. The van der Waals surface area contributed by atoms with Crippen molar-refractivity contribution >= 4 is 5.78 Å². The first-order valence-corrected chi connectivity index (χ1v) is 8.63. The first-order chi connectivity index (χ1) is 9.52. The molecule has 3 fully saturated rings. The minimum atomic E-state index is 0.201. The average molecular weight is 279 g/mol. The van der Waals surface area contributed by atoms with Crippen LogP contribution in [0.1, 0.15) is 59.3 Å². The van der Waals surface area contributed by atoms with Gasteiger partial charge in [0.2, 0.25) is 0 Å². The van der Waals surface area contributed by atoms with Crippen molar-refractivity contribution in [3.05, 3.63) is 0 Å². The molecular weight excluding hydrogens is 248 g/mol. The van der Waals surface area contributed by atoms with E-state index >= 15 is 0 Å². The predicted molar refractivity (Wildman–Crippen MR) is 80.4 cm³/mol. The molecule has 0 radical (unpaired) electrons. The standard InChI is InChI=1S/C17H30N2O/c1-4-18-16-11-7-5-6-8-12(11)19-13-9-17(2,3)10-14(20)15(13)16/h11-13,15-16,18-19H,4-10H2,1-3H3/p+1. The van der Waals surface area contributed by atoms with Crippen LogP contribution in [0.25, 0.3) is 0 Å². The van der Waals surface area contributed by atoms with Gasteiger partial charge in [-0.2, -0.15) is 0 Å². The molecule has 0 aromatic rings. The molecule has 3 nitrogen and oxygen atoms in total. The molecule has 5 unspecified atom stereocenters. The summed E-state index contributed by atoms with van der Waals surface area (Å²) in [6.45, 7) is 7.71. The van der Waals surface area contributed by atoms with Gasteiger partial charge in [-0.25, -0.2) is 0 Å². The number of carbonyl (C=O) groups excluding carboxylic acids is 1. The van der Waals surface area contributed by atoms with Gasteiger partial charge in [0, 0.05) is 24.8 Å². The van der Waals surface area contributed by atoms with E-state index in [0.29, 0.717) is 17.9 Å². The zero-order valence-corrected chi connectivity index (χ0v) is 13.3. The molecule has 2 aliphatic carbocycles. The Kier molecular flexibility index (Phi) is 3.93. The second-order valence-electron chi connectivity index (χ2n) is 8.09. The van der Waals surface area contributed by atoms with Gasteiger partial charge < -0.3 is 10.6 Å². The van der Waals surface area contributed by atoms with Crippen molar-refractivity contribution in [2.45, 2.75) is 77.4 Å². The van der Waals surface area contributed by atoms with E-state index in [1.807, 2.05) is 0 Å². The summed E-state index contributed by atoms with van der Waals surface area (Å²) in [5.74, 6) is 1.51. The van der Waals surface area contributed by atoms with Gasteiger partial charge in [0.25, 0.3) is 0 Å². The number of nitrogens with two attached hydrogens (primary N) is 1. The van der Waals surface area contributed by atoms with Crippen LogP contribution >= 0.6 is 0 Å². The fraction of sp³-hybridized carbons (Fsp3) is 0.941. The Bertz CT molecular complexity index is 379. The van der Waals surface area contributed by atoms with Crippen molar-refractivity contribution in [2.24, 2.45) is 17.3 Å². The Labute approximate surface area is 123 Å². The van der Waals surface area contributed by atoms with Crippen LogP contribution in [-0.4, -0.2) is 30.5 Å². The number of fused-ring (bicyclic) bond motifs is 2. The van der Waals surface area contributed by atoms with Crippen LogP contribution in [0.4, 0.5) is 0 Å². The lowest BCUT2D eigenvalue weighted by Crippen LogP contribution is -3.02. The number of quaternary nitrogens is 1. The minimum absolute atomic E-state index is 0.201. The Morgan fingerprint density at radius 1 is 1.25 bits per heavy atom. The maximum atomic E-state index is 12.7. The van der Waals surface area contributed by atoms with Gasteiger partial charge >= 0.3 is 0 Å². The van der Waals surface area contributed by atoms with E-state index < -0.39 is 0 Å². The summed E-state index contributed by atoms with van der Waals surface area (Å²) in [5.41, 5.74) is 0.201. The molecule has 3 aliphatic rings. The van der Waals surface area contributed by atoms with E-state index in [1.54, 1.807) is 0 Å². The van der Waals surface area contributed by atoms with Gasteiger partial charge in [0.05, 0.1) is 18.0 Å². The summed E-state index contributed by atoms with van der Waals surface area (Å²) < 4.78 is 0. The van der Waals surface area contributed by atoms with Gasteiger partial charge in [-0.15, -0.1) is 0 Å². The molecule has 1 aliphatic heterocycles. The molecule has 3 heteroatoms. The number of nitrogens with one attached hydrogen (secondary N) is 1. The molecule has 3 N–H and O–H groups in total. The van der Waals surface area contributed by atoms with Crippen LogP contribution in [0, 0.1) is 17.3 Å². The third-order valence-electron chi connectivity index (χ3n) is 5.93. The van der Waals surface area contributed by atoms with Crippen LogP contribution < -0.4 is 10.6 Å². The predicted octanol–water partition coefficient (Wildman–Crippen LogP) is 1.47. The second-order valence-corrected chi connectivity index (χ2v) is 8.09. The van der Waals surface area contributed by atoms with E-state index in [1.165, 1.54) is 32.1 Å². The Hall–Kier alpha value is -0.410. The van der Waals surface area contributed by atoms with Gasteiger partial charge in [0.1, 0.15) is 5.78 Å². The van der Waals surface area contributed by atoms with Crippen molar-refractivity contribution < 1.29 is 10.1 Å². The molecule has 0 bridgehead atoms. The smallest absolute Gasteiger partial charge is 0.144 e. The highest BCUT2D eigenvalue weighted by Gasteiger charge is 2.54. The molecule has 3 rings (SSSR count). The minimum Gasteiger partial charge on any atom is -0.340 e. The average Bonchev–Trinajstić information content (AvgIpc) is 2.36. The topological polar surface area (TPSA) is 45.7 Å². The third kappa shape index (κ3) is 2.55. The molecule has 0 aromatic heterocycles. The molecular formula is C17H31N2O+. The first-order valence-electron chi connectivity index (χ1n) is 8.63. The van der Waals surface area contributed by atoms with Gasteiger partial charge in [-0.3, -0.25) is 4.79 Å².